The first-order chi connectivity index (χ1) is 19.5. The number of amides is 2. The van der Waals surface area contributed by atoms with Gasteiger partial charge in [0.2, 0.25) is 10.0 Å². The SMILES string of the molecule is COc1cc(C(=O)N(CCCc2ccccc2)Cc2nc(C(=O)NS(=O)(=O)CCOC(C)=O)cs2)cc(OC)c1C. The topological polar surface area (TPSA) is 141 Å². The maximum Gasteiger partial charge on any atom is 0.302 e. The first-order valence-corrected chi connectivity index (χ1v) is 15.2. The van der Waals surface area contributed by atoms with Gasteiger partial charge in [0.05, 0.1) is 20.8 Å². The normalized spacial score (nSPS) is 11.0. The molecule has 1 heterocycles. The van der Waals surface area contributed by atoms with Gasteiger partial charge in [-0.1, -0.05) is 30.3 Å². The molecule has 3 aromatic rings. The van der Waals surface area contributed by atoms with Gasteiger partial charge >= 0.3 is 5.97 Å². The number of methoxy groups -OCH3 is 2. The van der Waals surface area contributed by atoms with Crippen LogP contribution in [-0.4, -0.2) is 69.2 Å². The minimum absolute atomic E-state index is 0.100. The van der Waals surface area contributed by atoms with E-state index in [9.17, 15) is 22.8 Å². The molecule has 3 rings (SSSR count). The van der Waals surface area contributed by atoms with E-state index in [-0.39, 0.29) is 24.8 Å². The summed E-state index contributed by atoms with van der Waals surface area (Å²) in [5.41, 5.74) is 2.18. The first kappa shape index (κ1) is 31.6. The molecule has 2 aromatic carbocycles. The van der Waals surface area contributed by atoms with Gasteiger partial charge in [0.1, 0.15) is 34.6 Å². The van der Waals surface area contributed by atoms with Crippen LogP contribution in [0.5, 0.6) is 11.5 Å². The van der Waals surface area contributed by atoms with E-state index >= 15 is 0 Å². The molecular formula is C28H33N3O8S2. The van der Waals surface area contributed by atoms with Gasteiger partial charge in [0.25, 0.3) is 11.8 Å². The molecule has 0 aliphatic heterocycles. The lowest BCUT2D eigenvalue weighted by molar-refractivity contribution is -0.140. The summed E-state index contributed by atoms with van der Waals surface area (Å²) in [5.74, 6) is -1.35. The molecule has 0 bridgehead atoms. The number of rotatable bonds is 14. The van der Waals surface area contributed by atoms with Crippen LogP contribution in [0.2, 0.25) is 0 Å². The van der Waals surface area contributed by atoms with Crippen molar-refractivity contribution < 1.29 is 37.0 Å². The number of carbonyl (C=O) groups excluding carboxylic acids is 3. The number of aromatic nitrogens is 1. The first-order valence-electron chi connectivity index (χ1n) is 12.7. The zero-order chi connectivity index (χ0) is 30.0. The molecule has 0 aliphatic carbocycles. The Bertz CT molecular complexity index is 1450. The number of hydrogen-bond donors (Lipinski definition) is 1. The van der Waals surface area contributed by atoms with Crippen LogP contribution in [0.25, 0.3) is 0 Å². The number of nitrogens with one attached hydrogen (secondary N) is 1. The van der Waals surface area contributed by atoms with Crippen molar-refractivity contribution in [2.45, 2.75) is 33.2 Å². The maximum atomic E-state index is 13.7. The fraction of sp³-hybridized carbons (Fsp3) is 0.357. The summed E-state index contributed by atoms with van der Waals surface area (Å²) in [7, 11) is -1.00. The molecule has 0 saturated heterocycles. The third-order valence-electron chi connectivity index (χ3n) is 6.04. The molecule has 41 heavy (non-hydrogen) atoms. The third kappa shape index (κ3) is 9.29. The standard InChI is InChI=1S/C28H33N3O8S2/c1-19-24(37-3)15-22(16-25(19)38-4)28(34)31(12-8-11-21-9-6-5-7-10-21)17-26-29-23(18-40-26)27(33)30-41(35,36)14-13-39-20(2)32/h5-7,9-10,15-16,18H,8,11-14,17H2,1-4H3,(H,30,33). The predicted octanol–water partition coefficient (Wildman–Crippen LogP) is 3.37. The zero-order valence-corrected chi connectivity index (χ0v) is 25.0. The molecule has 0 radical (unpaired) electrons. The molecular weight excluding hydrogens is 570 g/mol. The Morgan fingerprint density at radius 1 is 1.05 bits per heavy atom. The van der Waals surface area contributed by atoms with Crippen LogP contribution in [0.1, 0.15) is 50.3 Å². The summed E-state index contributed by atoms with van der Waals surface area (Å²) in [5, 5.41) is 1.88. The van der Waals surface area contributed by atoms with Crippen molar-refractivity contribution in [2.24, 2.45) is 0 Å². The molecule has 0 fully saturated rings. The highest BCUT2D eigenvalue weighted by Gasteiger charge is 2.23. The van der Waals surface area contributed by atoms with Gasteiger partial charge in [0, 0.05) is 30.0 Å². The number of sulfonamides is 1. The largest absolute Gasteiger partial charge is 0.496 e. The number of ether oxygens (including phenoxy) is 3. The fourth-order valence-electron chi connectivity index (χ4n) is 3.95. The summed E-state index contributed by atoms with van der Waals surface area (Å²) < 4.78 is 41.8. The van der Waals surface area contributed by atoms with Gasteiger partial charge in [-0.15, -0.1) is 11.3 Å². The van der Waals surface area contributed by atoms with Gasteiger partial charge in [-0.25, -0.2) is 18.1 Å². The molecule has 13 heteroatoms. The number of carbonyl (C=O) groups is 3. The molecule has 0 saturated carbocycles. The maximum absolute atomic E-state index is 13.7. The molecule has 11 nitrogen and oxygen atoms in total. The van der Waals surface area contributed by atoms with Crippen LogP contribution >= 0.6 is 11.3 Å². The molecule has 2 amide bonds. The molecule has 220 valence electrons. The second-order valence-electron chi connectivity index (χ2n) is 9.04. The molecule has 0 spiro atoms. The number of esters is 1. The highest BCUT2D eigenvalue weighted by Crippen LogP contribution is 2.30. The summed E-state index contributed by atoms with van der Waals surface area (Å²) in [4.78, 5) is 43.0. The Kier molecular flexibility index (Phi) is 11.2. The van der Waals surface area contributed by atoms with Crippen LogP contribution < -0.4 is 14.2 Å². The van der Waals surface area contributed by atoms with Crippen molar-refractivity contribution >= 4 is 39.1 Å². The molecule has 1 aromatic heterocycles. The number of nitrogens with zero attached hydrogens (tertiary/aromatic N) is 2. The van der Waals surface area contributed by atoms with Crippen LogP contribution in [0.15, 0.2) is 47.8 Å². The lowest BCUT2D eigenvalue weighted by Crippen LogP contribution is -2.34. The summed E-state index contributed by atoms with van der Waals surface area (Å²) in [6.07, 6.45) is 1.43. The summed E-state index contributed by atoms with van der Waals surface area (Å²) in [6, 6.07) is 13.2. The van der Waals surface area contributed by atoms with Crippen molar-refractivity contribution in [3.8, 4) is 11.5 Å². The molecule has 0 aliphatic rings. The van der Waals surface area contributed by atoms with Gasteiger partial charge in [-0.3, -0.25) is 14.4 Å². The minimum atomic E-state index is -4.04. The van der Waals surface area contributed by atoms with Crippen molar-refractivity contribution in [3.05, 3.63) is 75.2 Å². The molecule has 0 unspecified atom stereocenters. The van der Waals surface area contributed by atoms with Crippen LogP contribution in [0, 0.1) is 6.92 Å². The van der Waals surface area contributed by atoms with Crippen molar-refractivity contribution in [1.82, 2.24) is 14.6 Å². The summed E-state index contributed by atoms with van der Waals surface area (Å²) >= 11 is 1.13. The van der Waals surface area contributed by atoms with E-state index < -0.39 is 27.7 Å². The number of benzene rings is 2. The van der Waals surface area contributed by atoms with Crippen LogP contribution in [0.4, 0.5) is 0 Å². The quantitative estimate of drug-likeness (QED) is 0.275. The monoisotopic (exact) mass is 603 g/mol. The Morgan fingerprint density at radius 3 is 2.32 bits per heavy atom. The lowest BCUT2D eigenvalue weighted by Gasteiger charge is -2.23. The van der Waals surface area contributed by atoms with Gasteiger partial charge < -0.3 is 19.1 Å². The second kappa shape index (κ2) is 14.6. The minimum Gasteiger partial charge on any atom is -0.496 e. The molecule has 1 N–H and O–H groups in total. The summed E-state index contributed by atoms with van der Waals surface area (Å²) in [6.45, 7) is 3.11. The Morgan fingerprint density at radius 2 is 1.71 bits per heavy atom. The number of aryl methyl sites for hydroxylation is 1. The van der Waals surface area contributed by atoms with Crippen molar-refractivity contribution in [3.63, 3.8) is 0 Å². The van der Waals surface area contributed by atoms with E-state index in [1.54, 1.807) is 17.0 Å². The second-order valence-corrected chi connectivity index (χ2v) is 11.8. The van der Waals surface area contributed by atoms with E-state index in [1.165, 1.54) is 19.6 Å². The van der Waals surface area contributed by atoms with Crippen molar-refractivity contribution in [1.29, 1.82) is 0 Å². The number of hydrogen-bond acceptors (Lipinski definition) is 10. The lowest BCUT2D eigenvalue weighted by atomic mass is 10.1. The fourth-order valence-corrected chi connectivity index (χ4v) is 5.53. The Balaban J connectivity index is 1.78. The Labute approximate surface area is 243 Å². The van der Waals surface area contributed by atoms with E-state index in [0.29, 0.717) is 35.0 Å². The van der Waals surface area contributed by atoms with Gasteiger partial charge in [-0.2, -0.15) is 0 Å². The third-order valence-corrected chi connectivity index (χ3v) is 8.07. The van der Waals surface area contributed by atoms with E-state index in [1.807, 2.05) is 42.0 Å². The van der Waals surface area contributed by atoms with Crippen LogP contribution in [0.3, 0.4) is 0 Å². The van der Waals surface area contributed by atoms with E-state index in [2.05, 4.69) is 9.72 Å². The average molecular weight is 604 g/mol. The highest BCUT2D eigenvalue weighted by molar-refractivity contribution is 7.90. The number of thiazole rings is 1. The van der Waals surface area contributed by atoms with Gasteiger partial charge in [0.15, 0.2) is 0 Å². The van der Waals surface area contributed by atoms with E-state index in [4.69, 9.17) is 9.47 Å². The van der Waals surface area contributed by atoms with Crippen molar-refractivity contribution in [2.75, 3.05) is 33.1 Å². The predicted molar refractivity (Wildman–Crippen MR) is 154 cm³/mol. The highest BCUT2D eigenvalue weighted by atomic mass is 32.2. The molecule has 0 atom stereocenters. The average Bonchev–Trinajstić information content (AvgIpc) is 3.41. The zero-order valence-electron chi connectivity index (χ0n) is 23.3. The van der Waals surface area contributed by atoms with Crippen LogP contribution in [-0.2, 0) is 32.5 Å². The Hall–Kier alpha value is -3.97. The smallest absolute Gasteiger partial charge is 0.302 e. The van der Waals surface area contributed by atoms with E-state index in [0.717, 1.165) is 35.8 Å². The van der Waals surface area contributed by atoms with Gasteiger partial charge in [-0.05, 0) is 37.5 Å².